The molecular formula is C21H24N6O. The van der Waals surface area contributed by atoms with Gasteiger partial charge in [-0.15, -0.1) is 0 Å². The number of benzene rings is 1. The lowest BCUT2D eigenvalue weighted by molar-refractivity contribution is 0.180. The number of urea groups is 1. The number of hydrogen-bond acceptors (Lipinski definition) is 4. The number of nitrogens with one attached hydrogen (secondary N) is 2. The number of fused-ring (bicyclic) bond motifs is 2. The van der Waals surface area contributed by atoms with Crippen LogP contribution in [0.4, 0.5) is 10.5 Å². The van der Waals surface area contributed by atoms with Crippen molar-refractivity contribution in [2.45, 2.75) is 32.9 Å². The van der Waals surface area contributed by atoms with E-state index < -0.39 is 0 Å². The van der Waals surface area contributed by atoms with E-state index in [0.29, 0.717) is 6.54 Å². The summed E-state index contributed by atoms with van der Waals surface area (Å²) in [5, 5.41) is 11.8. The zero-order valence-electron chi connectivity index (χ0n) is 16.2. The number of likely N-dealkylation sites (tertiary alicyclic amines) is 1. The molecule has 1 atom stereocenters. The number of carbonyl (C=O) groups excluding carboxylic acids is 1. The summed E-state index contributed by atoms with van der Waals surface area (Å²) in [6.45, 7) is 7.84. The smallest absolute Gasteiger partial charge is 0.316 e. The number of H-pyrrole nitrogens is 1. The van der Waals surface area contributed by atoms with Crippen molar-refractivity contribution in [3.8, 4) is 11.3 Å². The number of pyridine rings is 1. The third-order valence-electron chi connectivity index (χ3n) is 5.94. The molecule has 5 rings (SSSR count). The van der Waals surface area contributed by atoms with E-state index in [0.717, 1.165) is 65.2 Å². The van der Waals surface area contributed by atoms with E-state index in [1.807, 2.05) is 36.2 Å². The van der Waals surface area contributed by atoms with Crippen molar-refractivity contribution in [3.63, 3.8) is 0 Å². The topological polar surface area (TPSA) is 77.2 Å². The van der Waals surface area contributed by atoms with Crippen LogP contribution >= 0.6 is 0 Å². The third-order valence-corrected chi connectivity index (χ3v) is 5.94. The quantitative estimate of drug-likeness (QED) is 0.735. The first-order chi connectivity index (χ1) is 13.6. The molecule has 7 nitrogen and oxygen atoms in total. The van der Waals surface area contributed by atoms with Crippen LogP contribution in [0, 0.1) is 6.92 Å². The maximum Gasteiger partial charge on any atom is 0.322 e. The predicted molar refractivity (Wildman–Crippen MR) is 109 cm³/mol. The number of likely N-dealkylation sites (N-methyl/N-ethyl adjacent to an activating group) is 1. The second-order valence-electron chi connectivity index (χ2n) is 7.71. The molecule has 2 aliphatic heterocycles. The number of rotatable bonds is 3. The summed E-state index contributed by atoms with van der Waals surface area (Å²) in [6, 6.07) is 8.46. The van der Waals surface area contributed by atoms with Crippen LogP contribution in [0.25, 0.3) is 22.2 Å². The number of hydrogen-bond donors (Lipinski definition) is 2. The van der Waals surface area contributed by atoms with Gasteiger partial charge in [0.25, 0.3) is 0 Å². The number of anilines is 1. The minimum Gasteiger partial charge on any atom is -0.316 e. The van der Waals surface area contributed by atoms with Gasteiger partial charge in [0.1, 0.15) is 5.69 Å². The Morgan fingerprint density at radius 1 is 1.29 bits per heavy atom. The van der Waals surface area contributed by atoms with Crippen LogP contribution in [-0.4, -0.2) is 56.7 Å². The molecule has 2 amide bonds. The van der Waals surface area contributed by atoms with Gasteiger partial charge in [0.2, 0.25) is 0 Å². The van der Waals surface area contributed by atoms with Crippen LogP contribution in [0.2, 0.25) is 0 Å². The van der Waals surface area contributed by atoms with Crippen LogP contribution in [0.1, 0.15) is 24.6 Å². The standard InChI is InChI=1S/C21H24N6O/c1-3-26-7-5-16(12-26)27-11-15-9-17-19(10-18(15)23-21(27)28)24-25-20(17)14-4-6-22-13(2)8-14/h4,6,8-10,16H,3,5,7,11-12H2,1-2H3,(H,23,28)(H,24,25)/t16-/m0/s1. The van der Waals surface area contributed by atoms with E-state index in [-0.39, 0.29) is 12.1 Å². The second-order valence-corrected chi connectivity index (χ2v) is 7.71. The Hall–Kier alpha value is -2.93. The van der Waals surface area contributed by atoms with Crippen LogP contribution in [0.3, 0.4) is 0 Å². The summed E-state index contributed by atoms with van der Waals surface area (Å²) in [5.74, 6) is 0. The van der Waals surface area contributed by atoms with Gasteiger partial charge in [-0.05, 0) is 49.7 Å². The fraction of sp³-hybridized carbons (Fsp3) is 0.381. The fourth-order valence-corrected chi connectivity index (χ4v) is 4.36. The number of nitrogens with zero attached hydrogens (tertiary/aromatic N) is 4. The molecule has 1 fully saturated rings. The molecule has 3 aromatic rings. The number of carbonyl (C=O) groups is 1. The number of aryl methyl sites for hydroxylation is 1. The summed E-state index contributed by atoms with van der Waals surface area (Å²) in [6.07, 6.45) is 2.84. The monoisotopic (exact) mass is 376 g/mol. The van der Waals surface area contributed by atoms with Crippen LogP contribution in [-0.2, 0) is 6.54 Å². The molecule has 0 unspecified atom stereocenters. The molecular weight excluding hydrogens is 352 g/mol. The molecule has 0 saturated carbocycles. The average molecular weight is 376 g/mol. The average Bonchev–Trinajstić information content (AvgIpc) is 3.32. The van der Waals surface area contributed by atoms with E-state index in [1.165, 1.54) is 0 Å². The lowest BCUT2D eigenvalue weighted by atomic mass is 10.0. The summed E-state index contributed by atoms with van der Waals surface area (Å²) in [7, 11) is 0. The maximum absolute atomic E-state index is 12.7. The van der Waals surface area contributed by atoms with Gasteiger partial charge in [0, 0.05) is 54.2 Å². The molecule has 0 bridgehead atoms. The Morgan fingerprint density at radius 3 is 2.96 bits per heavy atom. The fourth-order valence-electron chi connectivity index (χ4n) is 4.36. The highest BCUT2D eigenvalue weighted by Gasteiger charge is 2.33. The summed E-state index contributed by atoms with van der Waals surface area (Å²) in [4.78, 5) is 21.4. The Bertz CT molecular complexity index is 1060. The predicted octanol–water partition coefficient (Wildman–Crippen LogP) is 3.38. The van der Waals surface area contributed by atoms with Gasteiger partial charge in [0.15, 0.2) is 0 Å². The van der Waals surface area contributed by atoms with Gasteiger partial charge in [-0.2, -0.15) is 5.10 Å². The normalized spacial score (nSPS) is 19.9. The first-order valence-corrected chi connectivity index (χ1v) is 9.86. The third kappa shape index (κ3) is 2.82. The largest absolute Gasteiger partial charge is 0.322 e. The first-order valence-electron chi connectivity index (χ1n) is 9.86. The molecule has 4 heterocycles. The van der Waals surface area contributed by atoms with Gasteiger partial charge >= 0.3 is 6.03 Å². The van der Waals surface area contributed by atoms with E-state index in [2.05, 4.69) is 38.4 Å². The van der Waals surface area contributed by atoms with Crippen LogP contribution < -0.4 is 5.32 Å². The van der Waals surface area contributed by atoms with Gasteiger partial charge in [-0.1, -0.05) is 6.92 Å². The first kappa shape index (κ1) is 17.2. The van der Waals surface area contributed by atoms with Gasteiger partial charge < -0.3 is 15.1 Å². The van der Waals surface area contributed by atoms with E-state index in [9.17, 15) is 4.79 Å². The summed E-state index contributed by atoms with van der Waals surface area (Å²) >= 11 is 0. The molecule has 1 saturated heterocycles. The highest BCUT2D eigenvalue weighted by Crippen LogP contribution is 2.34. The number of aromatic amines is 1. The highest BCUT2D eigenvalue weighted by atomic mass is 16.2. The Morgan fingerprint density at radius 2 is 2.18 bits per heavy atom. The van der Waals surface area contributed by atoms with Gasteiger partial charge in [0.05, 0.1) is 5.52 Å². The zero-order valence-corrected chi connectivity index (χ0v) is 16.2. The van der Waals surface area contributed by atoms with Crippen LogP contribution in [0.15, 0.2) is 30.5 Å². The molecule has 0 spiro atoms. The lowest BCUT2D eigenvalue weighted by Gasteiger charge is -2.34. The highest BCUT2D eigenvalue weighted by molar-refractivity contribution is 6.00. The molecule has 7 heteroatoms. The molecule has 144 valence electrons. The summed E-state index contributed by atoms with van der Waals surface area (Å²) < 4.78 is 0. The Kier molecular flexibility index (Phi) is 4.05. The van der Waals surface area contributed by atoms with Crippen molar-refractivity contribution in [3.05, 3.63) is 41.7 Å². The van der Waals surface area contributed by atoms with E-state index in [4.69, 9.17) is 0 Å². The molecule has 0 radical (unpaired) electrons. The molecule has 1 aromatic carbocycles. The van der Waals surface area contributed by atoms with Crippen molar-refractivity contribution >= 4 is 22.6 Å². The van der Waals surface area contributed by atoms with Gasteiger partial charge in [-0.25, -0.2) is 4.79 Å². The zero-order chi connectivity index (χ0) is 19.3. The molecule has 28 heavy (non-hydrogen) atoms. The van der Waals surface area contributed by atoms with Crippen molar-refractivity contribution in [1.82, 2.24) is 25.0 Å². The van der Waals surface area contributed by atoms with Crippen molar-refractivity contribution in [2.24, 2.45) is 0 Å². The van der Waals surface area contributed by atoms with E-state index in [1.54, 1.807) is 0 Å². The molecule has 2 aliphatic rings. The molecule has 2 N–H and O–H groups in total. The molecule has 0 aliphatic carbocycles. The SMILES string of the molecule is CCN1CC[C@H](N2Cc3cc4c(-c5ccnc(C)c5)n[nH]c4cc3NC2=O)C1. The number of amides is 2. The minimum atomic E-state index is -0.000648. The summed E-state index contributed by atoms with van der Waals surface area (Å²) in [5.41, 5.74) is 5.87. The molecule has 2 aromatic heterocycles. The second kappa shape index (κ2) is 6.60. The van der Waals surface area contributed by atoms with Crippen molar-refractivity contribution in [2.75, 3.05) is 25.0 Å². The van der Waals surface area contributed by atoms with Crippen molar-refractivity contribution in [1.29, 1.82) is 0 Å². The Labute approximate surface area is 163 Å². The van der Waals surface area contributed by atoms with Gasteiger partial charge in [-0.3, -0.25) is 10.1 Å². The maximum atomic E-state index is 12.7. The Balaban J connectivity index is 1.51. The lowest BCUT2D eigenvalue weighted by Crippen LogP contribution is -2.46. The minimum absolute atomic E-state index is 0.000648. The van der Waals surface area contributed by atoms with E-state index >= 15 is 0 Å². The van der Waals surface area contributed by atoms with Crippen molar-refractivity contribution < 1.29 is 4.79 Å². The van der Waals surface area contributed by atoms with Crippen LogP contribution in [0.5, 0.6) is 0 Å². The number of aromatic nitrogens is 3.